The zero-order valence-corrected chi connectivity index (χ0v) is 11.1. The Kier molecular flexibility index (Phi) is 4.20. The molecule has 1 atom stereocenters. The lowest BCUT2D eigenvalue weighted by Crippen LogP contribution is -2.28. The fraction of sp³-hybridized carbons (Fsp3) is 0.636. The maximum atomic E-state index is 5.78. The summed E-state index contributed by atoms with van der Waals surface area (Å²) in [6.45, 7) is 1.78. The van der Waals surface area contributed by atoms with Crippen molar-refractivity contribution in [3.63, 3.8) is 0 Å². The summed E-state index contributed by atoms with van der Waals surface area (Å²) in [4.78, 5) is 1.33. The zero-order chi connectivity index (χ0) is 10.7. The SMILES string of the molecule is NCC(NCCC1CC1)c1cc(Br)cs1. The molecule has 0 amide bonds. The van der Waals surface area contributed by atoms with Crippen LogP contribution in [0.3, 0.4) is 0 Å². The Balaban J connectivity index is 1.80. The predicted octanol–water partition coefficient (Wildman–Crippen LogP) is 2.90. The van der Waals surface area contributed by atoms with Crippen molar-refractivity contribution in [2.45, 2.75) is 25.3 Å². The first kappa shape index (κ1) is 11.6. The maximum Gasteiger partial charge on any atom is 0.0539 e. The van der Waals surface area contributed by atoms with E-state index in [-0.39, 0.29) is 0 Å². The number of hydrogen-bond donors (Lipinski definition) is 2. The number of thiophene rings is 1. The molecule has 2 nitrogen and oxygen atoms in total. The van der Waals surface area contributed by atoms with Gasteiger partial charge in [0, 0.05) is 21.3 Å². The summed E-state index contributed by atoms with van der Waals surface area (Å²) in [5, 5.41) is 5.65. The molecule has 3 N–H and O–H groups in total. The lowest BCUT2D eigenvalue weighted by molar-refractivity contribution is 0.522. The van der Waals surface area contributed by atoms with Crippen LogP contribution in [0.25, 0.3) is 0 Å². The van der Waals surface area contributed by atoms with E-state index in [0.717, 1.165) is 16.9 Å². The molecule has 1 saturated carbocycles. The lowest BCUT2D eigenvalue weighted by Gasteiger charge is -2.14. The van der Waals surface area contributed by atoms with Gasteiger partial charge in [-0.15, -0.1) is 11.3 Å². The summed E-state index contributed by atoms with van der Waals surface area (Å²) in [6.07, 6.45) is 4.17. The number of rotatable bonds is 6. The van der Waals surface area contributed by atoms with Crippen LogP contribution in [-0.4, -0.2) is 13.1 Å². The van der Waals surface area contributed by atoms with Gasteiger partial charge in [0.1, 0.15) is 0 Å². The van der Waals surface area contributed by atoms with Gasteiger partial charge in [-0.05, 0) is 40.9 Å². The van der Waals surface area contributed by atoms with E-state index in [1.807, 2.05) is 0 Å². The highest BCUT2D eigenvalue weighted by Gasteiger charge is 2.21. The van der Waals surface area contributed by atoms with Crippen LogP contribution in [0.4, 0.5) is 0 Å². The average Bonchev–Trinajstić information content (AvgIpc) is 2.96. The van der Waals surface area contributed by atoms with Crippen LogP contribution in [0.5, 0.6) is 0 Å². The van der Waals surface area contributed by atoms with Crippen LogP contribution < -0.4 is 11.1 Å². The molecule has 1 aliphatic rings. The van der Waals surface area contributed by atoms with Crippen molar-refractivity contribution in [2.75, 3.05) is 13.1 Å². The highest BCUT2D eigenvalue weighted by molar-refractivity contribution is 9.10. The number of hydrogen-bond acceptors (Lipinski definition) is 3. The van der Waals surface area contributed by atoms with E-state index in [2.05, 4.69) is 32.7 Å². The Morgan fingerprint density at radius 1 is 1.60 bits per heavy atom. The molecule has 1 fully saturated rings. The van der Waals surface area contributed by atoms with E-state index in [1.54, 1.807) is 11.3 Å². The van der Waals surface area contributed by atoms with Crippen molar-refractivity contribution in [1.82, 2.24) is 5.32 Å². The standard InChI is InChI=1S/C11H17BrN2S/c12-9-5-11(15-7-9)10(6-13)14-4-3-8-1-2-8/h5,7-8,10,14H,1-4,6,13H2. The third-order valence-electron chi connectivity index (χ3n) is 2.81. The highest BCUT2D eigenvalue weighted by atomic mass is 79.9. The van der Waals surface area contributed by atoms with Crippen molar-refractivity contribution in [3.05, 3.63) is 20.8 Å². The van der Waals surface area contributed by atoms with Crippen LogP contribution in [0, 0.1) is 5.92 Å². The summed E-state index contributed by atoms with van der Waals surface area (Å²) >= 11 is 5.24. The average molecular weight is 289 g/mol. The first-order chi connectivity index (χ1) is 7.29. The van der Waals surface area contributed by atoms with Gasteiger partial charge in [0.05, 0.1) is 6.04 Å². The van der Waals surface area contributed by atoms with Crippen molar-refractivity contribution >= 4 is 27.3 Å². The molecule has 1 heterocycles. The largest absolute Gasteiger partial charge is 0.329 e. The van der Waals surface area contributed by atoms with E-state index < -0.39 is 0 Å². The van der Waals surface area contributed by atoms with Gasteiger partial charge in [0.25, 0.3) is 0 Å². The lowest BCUT2D eigenvalue weighted by atomic mass is 10.2. The summed E-state index contributed by atoms with van der Waals surface area (Å²) < 4.78 is 1.16. The minimum atomic E-state index is 0.333. The van der Waals surface area contributed by atoms with Crippen molar-refractivity contribution in [1.29, 1.82) is 0 Å². The topological polar surface area (TPSA) is 38.0 Å². The Hall–Kier alpha value is 0.1000. The monoisotopic (exact) mass is 288 g/mol. The molecule has 0 saturated heterocycles. The quantitative estimate of drug-likeness (QED) is 0.845. The van der Waals surface area contributed by atoms with Crippen molar-refractivity contribution in [2.24, 2.45) is 11.7 Å². The second-order valence-electron chi connectivity index (χ2n) is 4.14. The highest BCUT2D eigenvalue weighted by Crippen LogP contribution is 2.32. The molecule has 1 unspecified atom stereocenters. The Bertz CT molecular complexity index is 309. The maximum absolute atomic E-state index is 5.78. The smallest absolute Gasteiger partial charge is 0.0539 e. The van der Waals surface area contributed by atoms with Crippen LogP contribution in [0.15, 0.2) is 15.9 Å². The molecule has 0 spiro atoms. The molecule has 0 aromatic carbocycles. The second-order valence-corrected chi connectivity index (χ2v) is 6.00. The van der Waals surface area contributed by atoms with Gasteiger partial charge in [-0.1, -0.05) is 12.8 Å². The van der Waals surface area contributed by atoms with E-state index in [0.29, 0.717) is 12.6 Å². The van der Waals surface area contributed by atoms with Gasteiger partial charge in [-0.25, -0.2) is 0 Å². The molecule has 1 aromatic rings. The van der Waals surface area contributed by atoms with Gasteiger partial charge >= 0.3 is 0 Å². The van der Waals surface area contributed by atoms with Crippen molar-refractivity contribution in [3.8, 4) is 0 Å². The van der Waals surface area contributed by atoms with Gasteiger partial charge in [0.2, 0.25) is 0 Å². The zero-order valence-electron chi connectivity index (χ0n) is 8.71. The molecule has 15 heavy (non-hydrogen) atoms. The third kappa shape index (κ3) is 3.55. The van der Waals surface area contributed by atoms with E-state index in [4.69, 9.17) is 5.73 Å². The second kappa shape index (κ2) is 5.43. The molecule has 0 bridgehead atoms. The first-order valence-corrected chi connectivity index (χ1v) is 7.14. The van der Waals surface area contributed by atoms with Crippen molar-refractivity contribution < 1.29 is 0 Å². The molecule has 1 aliphatic carbocycles. The van der Waals surface area contributed by atoms with Gasteiger partial charge in [-0.3, -0.25) is 0 Å². The summed E-state index contributed by atoms with van der Waals surface area (Å²) in [5.41, 5.74) is 5.78. The summed E-state index contributed by atoms with van der Waals surface area (Å²) in [5.74, 6) is 0.992. The molecule has 0 radical (unpaired) electrons. The van der Waals surface area contributed by atoms with Crippen LogP contribution in [-0.2, 0) is 0 Å². The van der Waals surface area contributed by atoms with E-state index >= 15 is 0 Å². The molecule has 84 valence electrons. The normalized spacial score (nSPS) is 18.0. The fourth-order valence-electron chi connectivity index (χ4n) is 1.68. The molecular formula is C11H17BrN2S. The Labute approximate surface area is 103 Å². The third-order valence-corrected chi connectivity index (χ3v) is 4.61. The minimum absolute atomic E-state index is 0.333. The first-order valence-electron chi connectivity index (χ1n) is 5.47. The van der Waals surface area contributed by atoms with Crippen LogP contribution in [0.2, 0.25) is 0 Å². The summed E-state index contributed by atoms with van der Waals surface area (Å²) in [6, 6.07) is 2.49. The van der Waals surface area contributed by atoms with Gasteiger partial charge in [0.15, 0.2) is 0 Å². The predicted molar refractivity (Wildman–Crippen MR) is 69.2 cm³/mol. The Morgan fingerprint density at radius 2 is 2.40 bits per heavy atom. The van der Waals surface area contributed by atoms with E-state index in [9.17, 15) is 0 Å². The molecule has 4 heteroatoms. The fourth-order valence-corrected chi connectivity index (χ4v) is 3.21. The van der Waals surface area contributed by atoms with E-state index in [1.165, 1.54) is 24.1 Å². The number of nitrogens with one attached hydrogen (secondary N) is 1. The molecule has 2 rings (SSSR count). The van der Waals surface area contributed by atoms with Crippen LogP contribution >= 0.6 is 27.3 Å². The van der Waals surface area contributed by atoms with Crippen LogP contribution in [0.1, 0.15) is 30.2 Å². The molecule has 1 aromatic heterocycles. The van der Waals surface area contributed by atoms with Gasteiger partial charge < -0.3 is 11.1 Å². The molecular weight excluding hydrogens is 272 g/mol. The van der Waals surface area contributed by atoms with Gasteiger partial charge in [-0.2, -0.15) is 0 Å². The number of nitrogens with two attached hydrogens (primary N) is 1. The molecule has 0 aliphatic heterocycles. The number of halogens is 1. The minimum Gasteiger partial charge on any atom is -0.329 e. The Morgan fingerprint density at radius 3 is 2.93 bits per heavy atom. The summed E-state index contributed by atoms with van der Waals surface area (Å²) in [7, 11) is 0.